The lowest BCUT2D eigenvalue weighted by Gasteiger charge is -2.17. The van der Waals surface area contributed by atoms with Crippen LogP contribution in [0.2, 0.25) is 0 Å². The highest BCUT2D eigenvalue weighted by Gasteiger charge is 2.09. The Hall–Kier alpha value is -0.900. The Bertz CT molecular complexity index is 313. The molecule has 0 aliphatic heterocycles. The molecule has 0 bridgehead atoms. The van der Waals surface area contributed by atoms with Gasteiger partial charge in [-0.25, -0.2) is 9.67 Å². The number of aromatic nitrogens is 3. The molecule has 1 heterocycles. The summed E-state index contributed by atoms with van der Waals surface area (Å²) in [7, 11) is 0. The summed E-state index contributed by atoms with van der Waals surface area (Å²) in [6, 6.07) is 1.07. The van der Waals surface area contributed by atoms with Crippen LogP contribution in [0.4, 0.5) is 0 Å². The number of nitrogens with zero attached hydrogens (tertiary/aromatic N) is 3. The lowest BCUT2D eigenvalue weighted by atomic mass is 10.0. The van der Waals surface area contributed by atoms with Crippen LogP contribution in [-0.4, -0.2) is 27.4 Å². The van der Waals surface area contributed by atoms with E-state index in [1.165, 1.54) is 25.7 Å². The van der Waals surface area contributed by atoms with Gasteiger partial charge in [0.2, 0.25) is 0 Å². The fraction of sp³-hybridized carbons (Fsp3) is 0.857. The third kappa shape index (κ3) is 4.77. The highest BCUT2D eigenvalue weighted by molar-refractivity contribution is 4.87. The van der Waals surface area contributed by atoms with Crippen LogP contribution in [0, 0.1) is 0 Å². The fourth-order valence-corrected chi connectivity index (χ4v) is 2.38. The molecule has 1 aromatic heterocycles. The SMILES string of the molecule is CCCC(CCCc1ncnn1C(C)C)NCC. The molecule has 1 atom stereocenters. The molecule has 0 fully saturated rings. The van der Waals surface area contributed by atoms with Crippen LogP contribution >= 0.6 is 0 Å². The molecule has 0 aliphatic rings. The summed E-state index contributed by atoms with van der Waals surface area (Å²) in [5.41, 5.74) is 0. The molecule has 4 heteroatoms. The van der Waals surface area contributed by atoms with Gasteiger partial charge in [0, 0.05) is 18.5 Å². The highest BCUT2D eigenvalue weighted by atomic mass is 15.3. The summed E-state index contributed by atoms with van der Waals surface area (Å²) < 4.78 is 2.03. The lowest BCUT2D eigenvalue weighted by Crippen LogP contribution is -2.28. The Labute approximate surface area is 111 Å². The topological polar surface area (TPSA) is 42.7 Å². The minimum atomic E-state index is 0.405. The zero-order valence-electron chi connectivity index (χ0n) is 12.3. The largest absolute Gasteiger partial charge is 0.314 e. The lowest BCUT2D eigenvalue weighted by molar-refractivity contribution is 0.437. The molecular weight excluding hydrogens is 224 g/mol. The van der Waals surface area contributed by atoms with E-state index in [1.807, 2.05) is 4.68 Å². The normalized spacial score (nSPS) is 13.2. The minimum absolute atomic E-state index is 0.405. The van der Waals surface area contributed by atoms with E-state index in [0.717, 1.165) is 18.8 Å². The number of rotatable bonds is 9. The van der Waals surface area contributed by atoms with E-state index in [-0.39, 0.29) is 0 Å². The maximum atomic E-state index is 4.36. The third-order valence-corrected chi connectivity index (χ3v) is 3.22. The zero-order valence-corrected chi connectivity index (χ0v) is 12.3. The van der Waals surface area contributed by atoms with E-state index in [0.29, 0.717) is 12.1 Å². The van der Waals surface area contributed by atoms with Gasteiger partial charge in [0.25, 0.3) is 0 Å². The van der Waals surface area contributed by atoms with E-state index in [1.54, 1.807) is 6.33 Å². The summed E-state index contributed by atoms with van der Waals surface area (Å²) in [6.45, 7) is 9.79. The summed E-state index contributed by atoms with van der Waals surface area (Å²) in [5.74, 6) is 1.12. The van der Waals surface area contributed by atoms with Crippen LogP contribution in [0.3, 0.4) is 0 Å². The number of hydrogen-bond donors (Lipinski definition) is 1. The van der Waals surface area contributed by atoms with Crippen LogP contribution in [0.1, 0.15) is 65.2 Å². The first-order valence-corrected chi connectivity index (χ1v) is 7.30. The Morgan fingerprint density at radius 1 is 1.28 bits per heavy atom. The molecule has 1 unspecified atom stereocenters. The molecule has 0 saturated heterocycles. The van der Waals surface area contributed by atoms with Gasteiger partial charge in [-0.2, -0.15) is 5.10 Å². The standard InChI is InChI=1S/C14H28N4/c1-5-8-13(15-6-2)9-7-10-14-16-11-17-18(14)12(3)4/h11-13,15H,5-10H2,1-4H3. The van der Waals surface area contributed by atoms with Crippen LogP contribution in [0.15, 0.2) is 6.33 Å². The predicted molar refractivity (Wildman–Crippen MR) is 75.7 cm³/mol. The van der Waals surface area contributed by atoms with Gasteiger partial charge >= 0.3 is 0 Å². The number of hydrogen-bond acceptors (Lipinski definition) is 3. The Morgan fingerprint density at radius 3 is 2.67 bits per heavy atom. The Balaban J connectivity index is 2.37. The highest BCUT2D eigenvalue weighted by Crippen LogP contribution is 2.11. The molecule has 0 spiro atoms. The second-order valence-electron chi connectivity index (χ2n) is 5.15. The molecule has 18 heavy (non-hydrogen) atoms. The second kappa shape index (κ2) is 8.25. The predicted octanol–water partition coefficient (Wildman–Crippen LogP) is 2.96. The van der Waals surface area contributed by atoms with E-state index in [9.17, 15) is 0 Å². The first-order valence-electron chi connectivity index (χ1n) is 7.30. The third-order valence-electron chi connectivity index (χ3n) is 3.22. The van der Waals surface area contributed by atoms with Crippen molar-refractivity contribution in [2.24, 2.45) is 0 Å². The van der Waals surface area contributed by atoms with Crippen molar-refractivity contribution < 1.29 is 0 Å². The van der Waals surface area contributed by atoms with Crippen molar-refractivity contribution in [3.05, 3.63) is 12.2 Å². The van der Waals surface area contributed by atoms with Crippen LogP contribution in [0.5, 0.6) is 0 Å². The molecule has 1 aromatic rings. The maximum Gasteiger partial charge on any atom is 0.138 e. The monoisotopic (exact) mass is 252 g/mol. The first-order chi connectivity index (χ1) is 8.69. The Morgan fingerprint density at radius 2 is 2.06 bits per heavy atom. The zero-order chi connectivity index (χ0) is 13.4. The summed E-state index contributed by atoms with van der Waals surface area (Å²) >= 11 is 0. The van der Waals surface area contributed by atoms with Crippen molar-refractivity contribution in [2.75, 3.05) is 6.54 Å². The molecule has 4 nitrogen and oxygen atoms in total. The molecular formula is C14H28N4. The number of aryl methyl sites for hydroxylation is 1. The fourth-order valence-electron chi connectivity index (χ4n) is 2.38. The van der Waals surface area contributed by atoms with Gasteiger partial charge in [0.1, 0.15) is 12.2 Å². The van der Waals surface area contributed by atoms with E-state index in [2.05, 4.69) is 43.1 Å². The van der Waals surface area contributed by atoms with Gasteiger partial charge in [-0.15, -0.1) is 0 Å². The quantitative estimate of drug-likeness (QED) is 0.735. The van der Waals surface area contributed by atoms with Crippen molar-refractivity contribution in [1.29, 1.82) is 0 Å². The van der Waals surface area contributed by atoms with Gasteiger partial charge < -0.3 is 5.32 Å². The van der Waals surface area contributed by atoms with Gasteiger partial charge in [-0.1, -0.05) is 20.3 Å². The molecule has 0 aliphatic carbocycles. The molecule has 0 saturated carbocycles. The molecule has 104 valence electrons. The maximum absolute atomic E-state index is 4.36. The summed E-state index contributed by atoms with van der Waals surface area (Å²) in [5, 5.41) is 7.83. The average Bonchev–Trinajstić information content (AvgIpc) is 2.78. The smallest absolute Gasteiger partial charge is 0.138 e. The first kappa shape index (κ1) is 15.2. The van der Waals surface area contributed by atoms with Gasteiger partial charge in [-0.05, 0) is 39.7 Å². The van der Waals surface area contributed by atoms with Crippen molar-refractivity contribution in [3.63, 3.8) is 0 Å². The second-order valence-corrected chi connectivity index (χ2v) is 5.15. The molecule has 0 amide bonds. The van der Waals surface area contributed by atoms with Crippen LogP contribution in [-0.2, 0) is 6.42 Å². The average molecular weight is 252 g/mol. The molecule has 1 N–H and O–H groups in total. The van der Waals surface area contributed by atoms with Crippen molar-refractivity contribution >= 4 is 0 Å². The van der Waals surface area contributed by atoms with E-state index >= 15 is 0 Å². The van der Waals surface area contributed by atoms with Crippen LogP contribution in [0.25, 0.3) is 0 Å². The minimum Gasteiger partial charge on any atom is -0.314 e. The van der Waals surface area contributed by atoms with Crippen molar-refractivity contribution in [3.8, 4) is 0 Å². The molecule has 1 rings (SSSR count). The van der Waals surface area contributed by atoms with Gasteiger partial charge in [0.05, 0.1) is 0 Å². The van der Waals surface area contributed by atoms with E-state index < -0.39 is 0 Å². The molecule has 0 radical (unpaired) electrons. The van der Waals surface area contributed by atoms with Gasteiger partial charge in [0.15, 0.2) is 0 Å². The molecule has 0 aromatic carbocycles. The Kier molecular flexibility index (Phi) is 6.94. The number of nitrogens with one attached hydrogen (secondary N) is 1. The van der Waals surface area contributed by atoms with E-state index in [4.69, 9.17) is 0 Å². The van der Waals surface area contributed by atoms with Gasteiger partial charge in [-0.3, -0.25) is 0 Å². The van der Waals surface area contributed by atoms with Crippen molar-refractivity contribution in [2.45, 2.75) is 71.9 Å². The summed E-state index contributed by atoms with van der Waals surface area (Å²) in [4.78, 5) is 4.36. The van der Waals surface area contributed by atoms with Crippen molar-refractivity contribution in [1.82, 2.24) is 20.1 Å². The van der Waals surface area contributed by atoms with Crippen LogP contribution < -0.4 is 5.32 Å². The summed E-state index contributed by atoms with van der Waals surface area (Å²) in [6.07, 6.45) is 7.63.